The van der Waals surface area contributed by atoms with Gasteiger partial charge in [-0.2, -0.15) is 0 Å². The lowest BCUT2D eigenvalue weighted by molar-refractivity contribution is -0.147. The average Bonchev–Trinajstić information content (AvgIpc) is 2.35. The minimum Gasteiger partial charge on any atom is -0.466 e. The summed E-state index contributed by atoms with van der Waals surface area (Å²) in [5, 5.41) is 0. The van der Waals surface area contributed by atoms with E-state index >= 15 is 0 Å². The summed E-state index contributed by atoms with van der Waals surface area (Å²) >= 11 is 0. The number of hydrogen-bond acceptors (Lipinski definition) is 2. The normalized spacial score (nSPS) is 13.4. The first-order chi connectivity index (χ1) is 10.7. The molecule has 0 aromatic heterocycles. The highest BCUT2D eigenvalue weighted by molar-refractivity contribution is 5.69. The molecule has 0 aliphatic rings. The average molecular weight is 341 g/mol. The van der Waals surface area contributed by atoms with E-state index in [4.69, 9.17) is 4.74 Å². The Morgan fingerprint density at radius 2 is 1.21 bits per heavy atom. The molecular formula is C22H44O2. The molecule has 0 aliphatic heterocycles. The molecule has 0 bridgehead atoms. The number of unbranched alkanes of at least 4 members (excludes halogenated alkanes) is 4. The topological polar surface area (TPSA) is 26.3 Å². The Morgan fingerprint density at radius 1 is 0.750 bits per heavy atom. The number of carbonyl (C=O) groups excluding carboxylic acids is 1. The second-order valence-corrected chi connectivity index (χ2v) is 10.8. The molecule has 0 fully saturated rings. The lowest BCUT2D eigenvalue weighted by Gasteiger charge is -2.40. The van der Waals surface area contributed by atoms with Crippen LogP contribution in [0.2, 0.25) is 0 Å². The van der Waals surface area contributed by atoms with Gasteiger partial charge in [0, 0.05) is 6.42 Å². The van der Waals surface area contributed by atoms with E-state index in [0.29, 0.717) is 24.4 Å². The molecule has 144 valence electrons. The zero-order valence-electron chi connectivity index (χ0n) is 18.1. The van der Waals surface area contributed by atoms with E-state index in [1.165, 1.54) is 32.1 Å². The van der Waals surface area contributed by atoms with Gasteiger partial charge in [-0.05, 0) is 35.0 Å². The van der Waals surface area contributed by atoms with Gasteiger partial charge in [0.1, 0.15) is 0 Å². The monoisotopic (exact) mass is 340 g/mol. The van der Waals surface area contributed by atoms with Gasteiger partial charge in [-0.15, -0.1) is 0 Å². The SMILES string of the molecule is CC(C)(C)CCCCCCCOC(=O)CC(C(C)(C)C)C(C)(C)C. The molecule has 0 N–H and O–H groups in total. The molecule has 0 unspecified atom stereocenters. The lowest BCUT2D eigenvalue weighted by Crippen LogP contribution is -2.34. The minimum atomic E-state index is -0.0300. The highest BCUT2D eigenvalue weighted by atomic mass is 16.5. The third-order valence-corrected chi connectivity index (χ3v) is 4.80. The summed E-state index contributed by atoms with van der Waals surface area (Å²) in [6.45, 7) is 20.8. The Hall–Kier alpha value is -0.530. The predicted molar refractivity (Wildman–Crippen MR) is 105 cm³/mol. The maximum absolute atomic E-state index is 12.2. The van der Waals surface area contributed by atoms with E-state index in [2.05, 4.69) is 62.3 Å². The van der Waals surface area contributed by atoms with Gasteiger partial charge in [-0.3, -0.25) is 4.79 Å². The molecule has 0 aromatic carbocycles. The van der Waals surface area contributed by atoms with Gasteiger partial charge in [-0.25, -0.2) is 0 Å². The van der Waals surface area contributed by atoms with Gasteiger partial charge < -0.3 is 4.74 Å². The molecule has 2 nitrogen and oxygen atoms in total. The number of carbonyl (C=O) groups is 1. The van der Waals surface area contributed by atoms with Crippen molar-refractivity contribution in [3.63, 3.8) is 0 Å². The number of ether oxygens (including phenoxy) is 1. The molecule has 0 atom stereocenters. The maximum atomic E-state index is 12.2. The largest absolute Gasteiger partial charge is 0.466 e. The Bertz CT molecular complexity index is 336. The van der Waals surface area contributed by atoms with E-state index < -0.39 is 0 Å². The van der Waals surface area contributed by atoms with Gasteiger partial charge in [-0.1, -0.05) is 88.0 Å². The van der Waals surface area contributed by atoms with Crippen molar-refractivity contribution in [3.8, 4) is 0 Å². The van der Waals surface area contributed by atoms with Crippen LogP contribution >= 0.6 is 0 Å². The van der Waals surface area contributed by atoms with Gasteiger partial charge in [0.15, 0.2) is 0 Å². The summed E-state index contributed by atoms with van der Waals surface area (Å²) in [6, 6.07) is 0. The third-order valence-electron chi connectivity index (χ3n) is 4.80. The Morgan fingerprint density at radius 3 is 1.67 bits per heavy atom. The first-order valence-corrected chi connectivity index (χ1v) is 9.89. The molecule has 2 heteroatoms. The molecule has 0 heterocycles. The molecule has 0 saturated heterocycles. The summed E-state index contributed by atoms with van der Waals surface area (Å²) in [5.74, 6) is 0.299. The zero-order chi connectivity index (χ0) is 19.0. The number of rotatable bonds is 9. The molecule has 0 spiro atoms. The molecule has 24 heavy (non-hydrogen) atoms. The minimum absolute atomic E-state index is 0.0300. The van der Waals surface area contributed by atoms with E-state index in [1.807, 2.05) is 0 Å². The van der Waals surface area contributed by atoms with Crippen LogP contribution in [0.5, 0.6) is 0 Å². The van der Waals surface area contributed by atoms with Crippen molar-refractivity contribution in [2.24, 2.45) is 22.2 Å². The van der Waals surface area contributed by atoms with Gasteiger partial charge >= 0.3 is 5.97 Å². The summed E-state index contributed by atoms with van der Waals surface area (Å²) in [4.78, 5) is 12.2. The fourth-order valence-electron chi connectivity index (χ4n) is 3.61. The van der Waals surface area contributed by atoms with Crippen molar-refractivity contribution in [3.05, 3.63) is 0 Å². The maximum Gasteiger partial charge on any atom is 0.306 e. The van der Waals surface area contributed by atoms with Crippen molar-refractivity contribution < 1.29 is 9.53 Å². The van der Waals surface area contributed by atoms with Crippen LogP contribution in [0.25, 0.3) is 0 Å². The lowest BCUT2D eigenvalue weighted by atomic mass is 9.65. The van der Waals surface area contributed by atoms with E-state index in [9.17, 15) is 4.79 Å². The van der Waals surface area contributed by atoms with Crippen LogP contribution in [0.3, 0.4) is 0 Å². The zero-order valence-corrected chi connectivity index (χ0v) is 18.1. The van der Waals surface area contributed by atoms with E-state index in [-0.39, 0.29) is 16.8 Å². The first-order valence-electron chi connectivity index (χ1n) is 9.89. The van der Waals surface area contributed by atoms with Crippen molar-refractivity contribution in [2.75, 3.05) is 6.61 Å². The Balaban J connectivity index is 3.90. The molecule has 0 aliphatic carbocycles. The third kappa shape index (κ3) is 11.9. The molecule has 0 amide bonds. The fraction of sp³-hybridized carbons (Fsp3) is 0.955. The van der Waals surface area contributed by atoms with Gasteiger partial charge in [0.25, 0.3) is 0 Å². The molecule has 0 radical (unpaired) electrons. The Labute approximate surface area is 152 Å². The number of hydrogen-bond donors (Lipinski definition) is 0. The highest BCUT2D eigenvalue weighted by Gasteiger charge is 2.36. The quantitative estimate of drug-likeness (QED) is 0.333. The molecule has 0 saturated carbocycles. The first kappa shape index (κ1) is 23.5. The van der Waals surface area contributed by atoms with Gasteiger partial charge in [0.2, 0.25) is 0 Å². The van der Waals surface area contributed by atoms with Gasteiger partial charge in [0.05, 0.1) is 6.61 Å². The number of esters is 1. The van der Waals surface area contributed by atoms with Crippen LogP contribution in [0.1, 0.15) is 107 Å². The second-order valence-electron chi connectivity index (χ2n) is 10.8. The fourth-order valence-corrected chi connectivity index (χ4v) is 3.61. The van der Waals surface area contributed by atoms with Crippen molar-refractivity contribution in [1.82, 2.24) is 0 Å². The van der Waals surface area contributed by atoms with E-state index in [0.717, 1.165) is 6.42 Å². The van der Waals surface area contributed by atoms with E-state index in [1.54, 1.807) is 0 Å². The molecule has 0 rings (SSSR count). The van der Waals surface area contributed by atoms with Crippen LogP contribution in [0.4, 0.5) is 0 Å². The Kier molecular flexibility index (Phi) is 9.61. The smallest absolute Gasteiger partial charge is 0.306 e. The summed E-state index contributed by atoms with van der Waals surface area (Å²) in [6.07, 6.45) is 7.83. The van der Waals surface area contributed by atoms with Crippen LogP contribution in [-0.4, -0.2) is 12.6 Å². The van der Waals surface area contributed by atoms with Crippen LogP contribution < -0.4 is 0 Å². The molecule has 0 aromatic rings. The van der Waals surface area contributed by atoms with Crippen molar-refractivity contribution in [1.29, 1.82) is 0 Å². The summed E-state index contributed by atoms with van der Waals surface area (Å²) in [5.41, 5.74) is 0.681. The summed E-state index contributed by atoms with van der Waals surface area (Å²) in [7, 11) is 0. The summed E-state index contributed by atoms with van der Waals surface area (Å²) < 4.78 is 5.48. The second kappa shape index (κ2) is 9.82. The predicted octanol–water partition coefficient (Wildman–Crippen LogP) is 7.01. The van der Waals surface area contributed by atoms with Crippen molar-refractivity contribution >= 4 is 5.97 Å². The van der Waals surface area contributed by atoms with Crippen LogP contribution in [-0.2, 0) is 9.53 Å². The standard InChI is InChI=1S/C22H44O2/c1-20(2,3)15-13-11-10-12-14-16-24-19(23)17-18(21(4,5)6)22(7,8)9/h18H,10-17H2,1-9H3. The van der Waals surface area contributed by atoms with Crippen LogP contribution in [0.15, 0.2) is 0 Å². The van der Waals surface area contributed by atoms with Crippen LogP contribution in [0, 0.1) is 22.2 Å². The highest BCUT2D eigenvalue weighted by Crippen LogP contribution is 2.42. The van der Waals surface area contributed by atoms with Crippen molar-refractivity contribution in [2.45, 2.75) is 107 Å². The molecular weight excluding hydrogens is 296 g/mol.